The molecule has 0 N–H and O–H groups in total. The Balaban J connectivity index is 0. The van der Waals surface area contributed by atoms with Crippen LogP contribution in [0.5, 0.6) is 0 Å². The number of rotatable bonds is 0. The van der Waals surface area contributed by atoms with Crippen LogP contribution < -0.4 is 0 Å². The molecule has 0 aromatic heterocycles. The van der Waals surface area contributed by atoms with Gasteiger partial charge >= 0.3 is 83.0 Å². The van der Waals surface area contributed by atoms with Crippen molar-refractivity contribution in [1.82, 2.24) is 0 Å². The van der Waals surface area contributed by atoms with Gasteiger partial charge in [-0.15, -0.1) is 0 Å². The SMILES string of the molecule is [O]=[Sm](=[O])=[O].[O]=[Yb]. The van der Waals surface area contributed by atoms with Gasteiger partial charge < -0.3 is 0 Å². The first-order valence-corrected chi connectivity index (χ1v) is 4.52. The fourth-order valence-electron chi connectivity index (χ4n) is 0. The molecule has 0 saturated heterocycles. The molecule has 0 aliphatic heterocycles. The van der Waals surface area contributed by atoms with Gasteiger partial charge in [0, 0.05) is 0 Å². The zero-order valence-corrected chi connectivity index (χ0v) is 6.64. The molecule has 0 heterocycles. The maximum absolute atomic E-state index is 8.61. The second-order valence-corrected chi connectivity index (χ2v) is 1.51. The Hall–Kier alpha value is 2.06. The molecule has 0 saturated carbocycles. The molecule has 0 aliphatic rings. The second kappa shape index (κ2) is 10.1. The van der Waals surface area contributed by atoms with E-state index in [2.05, 4.69) is 0 Å². The van der Waals surface area contributed by atoms with Gasteiger partial charge in [0.15, 0.2) is 0 Å². The first-order valence-electron chi connectivity index (χ1n) is 0.609. The van der Waals surface area contributed by atoms with E-state index in [0.717, 1.165) is 0 Å². The molecule has 0 rings (SSSR count). The van der Waals surface area contributed by atoms with Crippen LogP contribution in [0.15, 0.2) is 0 Å². The molecule has 0 amide bonds. The first-order chi connectivity index (χ1) is 2.73. The van der Waals surface area contributed by atoms with Gasteiger partial charge in [-0.2, -0.15) is 0 Å². The molecular weight excluding hydrogens is 387 g/mol. The van der Waals surface area contributed by atoms with Crippen molar-refractivity contribution in [2.45, 2.75) is 0 Å². The van der Waals surface area contributed by atoms with Crippen LogP contribution in [0.1, 0.15) is 0 Å². The van der Waals surface area contributed by atoms with E-state index in [1.165, 1.54) is 44.8 Å². The second-order valence-electron chi connectivity index (χ2n) is 0.204. The van der Waals surface area contributed by atoms with Crippen molar-refractivity contribution < 1.29 is 83.0 Å². The molecule has 6 heavy (non-hydrogen) atoms. The Morgan fingerprint density at radius 3 is 1.00 bits per heavy atom. The average Bonchev–Trinajstić information content (AvgIpc) is 1.41. The van der Waals surface area contributed by atoms with Crippen LogP contribution in [0.2, 0.25) is 0 Å². The summed E-state index contributed by atoms with van der Waals surface area (Å²) >= 11 is -2.83. The summed E-state index contributed by atoms with van der Waals surface area (Å²) in [5, 5.41) is 0. The summed E-state index contributed by atoms with van der Waals surface area (Å²) in [5.74, 6) is 0. The van der Waals surface area contributed by atoms with E-state index in [1.54, 1.807) is 0 Å². The summed E-state index contributed by atoms with van der Waals surface area (Å²) < 4.78 is 33.9. The monoisotopic (exact) mass is 390 g/mol. The Labute approximate surface area is 80.4 Å². The summed E-state index contributed by atoms with van der Waals surface area (Å²) in [4.78, 5) is 0. The zero-order chi connectivity index (χ0) is 5.58. The number of hydrogen-bond donors (Lipinski definition) is 0. The predicted molar refractivity (Wildman–Crippen MR) is 2.75 cm³/mol. The average molecular weight is 387 g/mol. The third kappa shape index (κ3) is 36.6. The van der Waals surface area contributed by atoms with E-state index in [0.29, 0.717) is 0 Å². The summed E-state index contributed by atoms with van der Waals surface area (Å²) in [5.41, 5.74) is 0. The van der Waals surface area contributed by atoms with E-state index < -0.39 is 34.6 Å². The maximum atomic E-state index is 8.61. The molecule has 0 atom stereocenters. The van der Waals surface area contributed by atoms with Crippen molar-refractivity contribution in [3.05, 3.63) is 0 Å². The zero-order valence-electron chi connectivity index (χ0n) is 2.31. The Kier molecular flexibility index (Phi) is 18.5. The normalized spacial score (nSPS) is 5.00. The van der Waals surface area contributed by atoms with Gasteiger partial charge in [0.25, 0.3) is 0 Å². The van der Waals surface area contributed by atoms with Crippen LogP contribution in [-0.4, -0.2) is 0 Å². The van der Waals surface area contributed by atoms with Gasteiger partial charge in [0.2, 0.25) is 0 Å². The van der Waals surface area contributed by atoms with E-state index in [-0.39, 0.29) is 0 Å². The molecule has 0 spiro atoms. The van der Waals surface area contributed by atoms with Gasteiger partial charge in [0.1, 0.15) is 0 Å². The topological polar surface area (TPSA) is 68.3 Å². The summed E-state index contributed by atoms with van der Waals surface area (Å²) in [6.07, 6.45) is 0. The van der Waals surface area contributed by atoms with E-state index in [1.807, 2.05) is 0 Å². The van der Waals surface area contributed by atoms with Gasteiger partial charge in [-0.05, 0) is 0 Å². The van der Waals surface area contributed by atoms with Crippen molar-refractivity contribution in [3.8, 4) is 0 Å². The van der Waals surface area contributed by atoms with Crippen LogP contribution in [0.3, 0.4) is 0 Å². The van der Waals surface area contributed by atoms with Crippen LogP contribution in [0.25, 0.3) is 0 Å². The van der Waals surface area contributed by atoms with Gasteiger partial charge in [-0.3, -0.25) is 0 Å². The molecule has 0 aliphatic carbocycles. The molecule has 0 aromatic carbocycles. The summed E-state index contributed by atoms with van der Waals surface area (Å²) in [6, 6.07) is 0. The van der Waals surface area contributed by atoms with E-state index in [4.69, 9.17) is 3.61 Å². The molecule has 0 aromatic rings. The quantitative estimate of drug-likeness (QED) is 0.563. The molecule has 0 unspecified atom stereocenters. The van der Waals surface area contributed by atoms with Crippen LogP contribution in [0.4, 0.5) is 0 Å². The van der Waals surface area contributed by atoms with Crippen LogP contribution in [0, 0.1) is 79.4 Å². The van der Waals surface area contributed by atoms with Gasteiger partial charge in [-0.1, -0.05) is 0 Å². The fourth-order valence-corrected chi connectivity index (χ4v) is 0. The van der Waals surface area contributed by atoms with Crippen molar-refractivity contribution in [2.75, 3.05) is 0 Å². The number of hydrogen-bond acceptors (Lipinski definition) is 4. The van der Waals surface area contributed by atoms with Crippen LogP contribution >= 0.6 is 0 Å². The minimum atomic E-state index is -4.28. The predicted octanol–water partition coefficient (Wildman–Crippen LogP) is -0.475. The summed E-state index contributed by atoms with van der Waals surface area (Å²) in [6.45, 7) is 0. The van der Waals surface area contributed by atoms with Crippen molar-refractivity contribution in [3.63, 3.8) is 0 Å². The third-order valence-corrected chi connectivity index (χ3v) is 0. The third-order valence-electron chi connectivity index (χ3n) is 0. The molecule has 6 heteroatoms. The van der Waals surface area contributed by atoms with Crippen molar-refractivity contribution in [2.24, 2.45) is 0 Å². The molecule has 4 nitrogen and oxygen atoms in total. The Bertz CT molecular complexity index is 87.7. The van der Waals surface area contributed by atoms with E-state index >= 15 is 0 Å². The Morgan fingerprint density at radius 1 is 1.00 bits per heavy atom. The first kappa shape index (κ1) is 10.9. The van der Waals surface area contributed by atoms with Gasteiger partial charge in [0.05, 0.1) is 0 Å². The van der Waals surface area contributed by atoms with Crippen LogP contribution in [-0.2, 0) is 3.61 Å². The molecule has 0 fully saturated rings. The Morgan fingerprint density at radius 2 is 1.00 bits per heavy atom. The van der Waals surface area contributed by atoms with Crippen molar-refractivity contribution >= 4 is 0 Å². The van der Waals surface area contributed by atoms with Crippen molar-refractivity contribution in [1.29, 1.82) is 0 Å². The van der Waals surface area contributed by atoms with Gasteiger partial charge in [-0.25, -0.2) is 0 Å². The minimum absolute atomic E-state index is 1.44. The standard InChI is InChI=1S/4O.Sm.Yb. The molecule has 44 valence electrons. The summed E-state index contributed by atoms with van der Waals surface area (Å²) in [7, 11) is 0. The van der Waals surface area contributed by atoms with E-state index in [9.17, 15) is 0 Å². The molecular formula is O4SmYb. The molecule has 0 bridgehead atoms. The molecule has 0 radical (unpaired) electrons. The fraction of sp³-hybridized carbons (Fsp3) is 0.